The van der Waals surface area contributed by atoms with Gasteiger partial charge in [-0.15, -0.1) is 0 Å². The van der Waals surface area contributed by atoms with E-state index in [0.717, 1.165) is 44.9 Å². The molecule has 396 valence electrons. The predicted octanol–water partition coefficient (Wildman–Crippen LogP) is 12.7. The second-order valence-corrected chi connectivity index (χ2v) is 20.4. The molecule has 1 saturated heterocycles. The van der Waals surface area contributed by atoms with Gasteiger partial charge in [0.1, 0.15) is 36.8 Å². The quantitative estimate of drug-likeness (QED) is 0.0196. The zero-order valence-corrected chi connectivity index (χ0v) is 43.5. The zero-order chi connectivity index (χ0) is 49.8. The largest absolute Gasteiger partial charge is 0.462 e. The van der Waals surface area contributed by atoms with Gasteiger partial charge in [0.15, 0.2) is 12.4 Å². The zero-order valence-electron chi connectivity index (χ0n) is 42.7. The second-order valence-electron chi connectivity index (χ2n) is 18.9. The van der Waals surface area contributed by atoms with Gasteiger partial charge in [-0.25, -0.2) is 0 Å². The van der Waals surface area contributed by atoms with E-state index in [9.17, 15) is 37.9 Å². The molecule has 1 rings (SSSR count). The molecule has 13 heteroatoms. The van der Waals surface area contributed by atoms with E-state index in [1.54, 1.807) is 0 Å². The summed E-state index contributed by atoms with van der Waals surface area (Å²) in [6.07, 6.45) is 45.9. The Labute approximate surface area is 413 Å². The van der Waals surface area contributed by atoms with E-state index < -0.39 is 71.2 Å². The Bertz CT molecular complexity index is 1430. The lowest BCUT2D eigenvalue weighted by atomic mass is 10.00. The minimum absolute atomic E-state index is 0.0894. The molecule has 1 aliphatic rings. The van der Waals surface area contributed by atoms with Crippen molar-refractivity contribution in [2.24, 2.45) is 0 Å². The molecule has 12 nitrogen and oxygen atoms in total. The minimum Gasteiger partial charge on any atom is -0.462 e. The first-order chi connectivity index (χ1) is 33.0. The first-order valence-electron chi connectivity index (χ1n) is 27.2. The minimum atomic E-state index is -4.61. The molecule has 1 heterocycles. The van der Waals surface area contributed by atoms with Crippen molar-refractivity contribution in [3.63, 3.8) is 0 Å². The molecule has 0 aromatic heterocycles. The number of allylic oxidation sites excluding steroid dienone is 8. The highest BCUT2D eigenvalue weighted by Crippen LogP contribution is 2.24. The normalized spacial score (nSPS) is 19.5. The Hall–Kier alpha value is -2.39. The molecule has 0 radical (unpaired) electrons. The molecule has 4 N–H and O–H groups in total. The summed E-state index contributed by atoms with van der Waals surface area (Å²) in [7, 11) is -4.61. The fourth-order valence-corrected chi connectivity index (χ4v) is 8.89. The van der Waals surface area contributed by atoms with Crippen LogP contribution in [0.3, 0.4) is 0 Å². The average Bonchev–Trinajstić information content (AvgIpc) is 3.31. The fourth-order valence-electron chi connectivity index (χ4n) is 8.20. The number of esters is 2. The van der Waals surface area contributed by atoms with Gasteiger partial charge in [-0.1, -0.05) is 217 Å². The third-order valence-electron chi connectivity index (χ3n) is 12.4. The Morgan fingerprint density at radius 2 is 0.897 bits per heavy atom. The predicted molar refractivity (Wildman–Crippen MR) is 275 cm³/mol. The van der Waals surface area contributed by atoms with Crippen LogP contribution in [0.25, 0.3) is 0 Å². The van der Waals surface area contributed by atoms with Crippen LogP contribution < -0.4 is 0 Å². The molecule has 0 amide bonds. The summed E-state index contributed by atoms with van der Waals surface area (Å²) in [6, 6.07) is 0. The summed E-state index contributed by atoms with van der Waals surface area (Å²) < 4.78 is 54.2. The highest BCUT2D eigenvalue weighted by molar-refractivity contribution is 7.85. The van der Waals surface area contributed by atoms with Gasteiger partial charge in [0.05, 0.1) is 6.61 Å². The summed E-state index contributed by atoms with van der Waals surface area (Å²) in [6.45, 7) is 3.75. The summed E-state index contributed by atoms with van der Waals surface area (Å²) in [5, 5.41) is 31.0. The fraction of sp³-hybridized carbons (Fsp3) is 0.818. The van der Waals surface area contributed by atoms with Crippen LogP contribution >= 0.6 is 0 Å². The highest BCUT2D eigenvalue weighted by Gasteiger charge is 2.46. The number of rotatable bonds is 46. The third-order valence-corrected chi connectivity index (χ3v) is 13.2. The van der Waals surface area contributed by atoms with Crippen LogP contribution in [0.2, 0.25) is 0 Å². The van der Waals surface area contributed by atoms with E-state index in [-0.39, 0.29) is 19.4 Å². The van der Waals surface area contributed by atoms with Crippen LogP contribution in [0.4, 0.5) is 0 Å². The maximum absolute atomic E-state index is 12.9. The summed E-state index contributed by atoms with van der Waals surface area (Å²) in [5.41, 5.74) is 0. The number of ether oxygens (including phenoxy) is 4. The topological polar surface area (TPSA) is 186 Å². The number of hydrogen-bond acceptors (Lipinski definition) is 11. The number of hydrogen-bond donors (Lipinski definition) is 4. The molecule has 1 aliphatic heterocycles. The van der Waals surface area contributed by atoms with E-state index >= 15 is 0 Å². The monoisotopic (exact) mass is 983 g/mol. The van der Waals surface area contributed by atoms with Gasteiger partial charge in [-0.05, 0) is 51.4 Å². The molecule has 0 spiro atoms. The van der Waals surface area contributed by atoms with Crippen LogP contribution in [0.1, 0.15) is 232 Å². The Kier molecular flexibility index (Phi) is 41.7. The van der Waals surface area contributed by atoms with Crippen molar-refractivity contribution in [2.75, 3.05) is 19.0 Å². The van der Waals surface area contributed by atoms with Gasteiger partial charge in [0.2, 0.25) is 0 Å². The molecule has 0 aliphatic carbocycles. The summed E-state index contributed by atoms with van der Waals surface area (Å²) in [5.74, 6) is -2.05. The van der Waals surface area contributed by atoms with Crippen LogP contribution in [-0.2, 0) is 38.7 Å². The molecule has 2 unspecified atom stereocenters. The van der Waals surface area contributed by atoms with Crippen molar-refractivity contribution in [2.45, 2.75) is 269 Å². The third kappa shape index (κ3) is 38.4. The standard InChI is InChI=1S/C55H98O12S/c1-3-5-7-9-11-13-15-17-19-21-23-24-26-28-30-32-34-36-38-40-42-44-51(57)66-48(46-65-55-54(60)53(59)52(58)49(67-55)47-68(61,62)63)45-64-50(56)43-41-39-37-35-33-31-29-27-25-22-20-18-16-14-12-10-8-6-4-2/h19,21,24,26,30,32,36,38,48-49,52-55,58-60H,3-18,20,22-23,25,27-29,31,33-35,37,39-47H2,1-2H3,(H,61,62,63)/b21-19+,26-24+,32-30+,38-36+/t48-,49-,52-,53?,54?,55+/m1/s1. The Morgan fingerprint density at radius 1 is 0.500 bits per heavy atom. The molecule has 68 heavy (non-hydrogen) atoms. The van der Waals surface area contributed by atoms with Crippen LogP contribution in [0.15, 0.2) is 48.6 Å². The highest BCUT2D eigenvalue weighted by atomic mass is 32.2. The van der Waals surface area contributed by atoms with Crippen LogP contribution in [0.5, 0.6) is 0 Å². The summed E-state index contributed by atoms with van der Waals surface area (Å²) in [4.78, 5) is 25.5. The molecule has 0 saturated carbocycles. The first kappa shape index (κ1) is 63.6. The molecule has 0 aromatic rings. The molecule has 1 fully saturated rings. The summed E-state index contributed by atoms with van der Waals surface area (Å²) >= 11 is 0. The van der Waals surface area contributed by atoms with E-state index in [1.165, 1.54) is 141 Å². The van der Waals surface area contributed by atoms with Gasteiger partial charge in [0, 0.05) is 12.8 Å². The van der Waals surface area contributed by atoms with Crippen molar-refractivity contribution in [3.8, 4) is 0 Å². The van der Waals surface area contributed by atoms with Crippen molar-refractivity contribution in [3.05, 3.63) is 48.6 Å². The van der Waals surface area contributed by atoms with Gasteiger partial charge in [-0.2, -0.15) is 8.42 Å². The van der Waals surface area contributed by atoms with E-state index in [2.05, 4.69) is 50.3 Å². The molecule has 0 aromatic carbocycles. The van der Waals surface area contributed by atoms with Crippen LogP contribution in [-0.4, -0.2) is 96.0 Å². The van der Waals surface area contributed by atoms with Gasteiger partial charge in [-0.3, -0.25) is 14.1 Å². The number of aliphatic hydroxyl groups excluding tert-OH is 3. The van der Waals surface area contributed by atoms with Gasteiger partial charge < -0.3 is 34.3 Å². The van der Waals surface area contributed by atoms with Gasteiger partial charge in [0.25, 0.3) is 10.1 Å². The van der Waals surface area contributed by atoms with Crippen molar-refractivity contribution in [1.82, 2.24) is 0 Å². The Balaban J connectivity index is 2.39. The number of unbranched alkanes of at least 4 members (excludes halogenated alkanes) is 26. The molecule has 0 bridgehead atoms. The SMILES string of the molecule is CCCCCCCCC/C=C/C/C=C/C/C=C/C/C=C/CCCC(=O)O[C@H](COC(=O)CCCCCCCCCCCCCCCCCCCCC)CO[C@H]1O[C@H](CS(=O)(=O)O)[C@@H](O)C(O)C1O. The first-order valence-corrected chi connectivity index (χ1v) is 28.8. The van der Waals surface area contributed by atoms with E-state index in [4.69, 9.17) is 18.9 Å². The van der Waals surface area contributed by atoms with E-state index in [0.29, 0.717) is 19.3 Å². The van der Waals surface area contributed by atoms with E-state index in [1.807, 2.05) is 12.2 Å². The lowest BCUT2D eigenvalue weighted by Gasteiger charge is -2.40. The maximum Gasteiger partial charge on any atom is 0.306 e. The maximum atomic E-state index is 12.9. The lowest BCUT2D eigenvalue weighted by Crippen LogP contribution is -2.60. The number of carbonyl (C=O) groups is 2. The smallest absolute Gasteiger partial charge is 0.306 e. The van der Waals surface area contributed by atoms with Crippen LogP contribution in [0, 0.1) is 0 Å². The molecular weight excluding hydrogens is 885 g/mol. The average molecular weight is 983 g/mol. The second kappa shape index (κ2) is 44.5. The van der Waals surface area contributed by atoms with Gasteiger partial charge >= 0.3 is 11.9 Å². The molecule has 6 atom stereocenters. The van der Waals surface area contributed by atoms with Crippen molar-refractivity contribution < 1.29 is 56.8 Å². The number of carbonyl (C=O) groups excluding carboxylic acids is 2. The number of aliphatic hydroxyl groups is 3. The lowest BCUT2D eigenvalue weighted by molar-refractivity contribution is -0.297. The van der Waals surface area contributed by atoms with Crippen molar-refractivity contribution >= 4 is 22.1 Å². The van der Waals surface area contributed by atoms with Crippen molar-refractivity contribution in [1.29, 1.82) is 0 Å². The molecular formula is C55H98O12S. The Morgan fingerprint density at radius 3 is 1.35 bits per heavy atom.